The maximum atomic E-state index is 11.7. The molecule has 1 aliphatic rings. The number of amidine groups is 1. The SMILES string of the molecule is CCC(=O)C1(C(=O)CC)CN=C(N)C1. The van der Waals surface area contributed by atoms with Crippen LogP contribution in [0.1, 0.15) is 33.1 Å². The third kappa shape index (κ3) is 1.56. The van der Waals surface area contributed by atoms with E-state index in [0.717, 1.165) is 0 Å². The van der Waals surface area contributed by atoms with E-state index in [9.17, 15) is 9.59 Å². The van der Waals surface area contributed by atoms with E-state index in [0.29, 0.717) is 25.1 Å². The molecule has 78 valence electrons. The summed E-state index contributed by atoms with van der Waals surface area (Å²) >= 11 is 0. The first-order chi connectivity index (χ1) is 6.56. The lowest BCUT2D eigenvalue weighted by molar-refractivity contribution is -0.139. The molecule has 0 aromatic heterocycles. The van der Waals surface area contributed by atoms with Crippen molar-refractivity contribution in [2.45, 2.75) is 33.1 Å². The zero-order valence-corrected chi connectivity index (χ0v) is 8.67. The Morgan fingerprint density at radius 2 is 1.86 bits per heavy atom. The maximum absolute atomic E-state index is 11.7. The van der Waals surface area contributed by atoms with E-state index >= 15 is 0 Å². The van der Waals surface area contributed by atoms with Crippen molar-refractivity contribution in [3.05, 3.63) is 0 Å². The number of Topliss-reactive ketones (excluding diaryl/α,β-unsaturated/α-hetero) is 2. The van der Waals surface area contributed by atoms with Gasteiger partial charge >= 0.3 is 0 Å². The molecule has 0 unspecified atom stereocenters. The van der Waals surface area contributed by atoms with E-state index < -0.39 is 5.41 Å². The van der Waals surface area contributed by atoms with Crippen molar-refractivity contribution in [1.82, 2.24) is 0 Å². The summed E-state index contributed by atoms with van der Waals surface area (Å²) in [6.45, 7) is 3.78. The molecule has 0 saturated heterocycles. The van der Waals surface area contributed by atoms with Gasteiger partial charge in [-0.25, -0.2) is 0 Å². The van der Waals surface area contributed by atoms with Crippen LogP contribution in [0.2, 0.25) is 0 Å². The first kappa shape index (κ1) is 10.9. The van der Waals surface area contributed by atoms with Crippen LogP contribution in [0.3, 0.4) is 0 Å². The van der Waals surface area contributed by atoms with Crippen molar-refractivity contribution in [2.24, 2.45) is 16.1 Å². The molecule has 4 heteroatoms. The molecule has 1 heterocycles. The van der Waals surface area contributed by atoms with Gasteiger partial charge in [0.05, 0.1) is 12.4 Å². The Morgan fingerprint density at radius 1 is 1.36 bits per heavy atom. The molecule has 2 N–H and O–H groups in total. The number of ketones is 2. The van der Waals surface area contributed by atoms with Gasteiger partial charge in [-0.1, -0.05) is 13.8 Å². The highest BCUT2D eigenvalue weighted by Crippen LogP contribution is 2.32. The summed E-state index contributed by atoms with van der Waals surface area (Å²) in [4.78, 5) is 27.4. The van der Waals surface area contributed by atoms with Gasteiger partial charge in [0.25, 0.3) is 0 Å². The van der Waals surface area contributed by atoms with E-state index in [1.54, 1.807) is 13.8 Å². The second-order valence-corrected chi connectivity index (χ2v) is 3.62. The summed E-state index contributed by atoms with van der Waals surface area (Å²) in [6, 6.07) is 0. The molecule has 0 aliphatic carbocycles. The average molecular weight is 196 g/mol. The highest BCUT2D eigenvalue weighted by molar-refractivity contribution is 6.11. The molecule has 14 heavy (non-hydrogen) atoms. The molecule has 0 radical (unpaired) electrons. The molecule has 0 spiro atoms. The average Bonchev–Trinajstić information content (AvgIpc) is 2.59. The normalized spacial score (nSPS) is 19.1. The number of nitrogens with two attached hydrogens (primary N) is 1. The fourth-order valence-electron chi connectivity index (χ4n) is 1.86. The molecule has 0 aromatic carbocycles. The van der Waals surface area contributed by atoms with Gasteiger partial charge in [-0.2, -0.15) is 0 Å². The third-order valence-corrected chi connectivity index (χ3v) is 2.74. The molecule has 0 atom stereocenters. The minimum atomic E-state index is -0.923. The van der Waals surface area contributed by atoms with E-state index in [4.69, 9.17) is 5.73 Å². The quantitative estimate of drug-likeness (QED) is 0.672. The van der Waals surface area contributed by atoms with Crippen molar-refractivity contribution < 1.29 is 9.59 Å². The number of hydrogen-bond acceptors (Lipinski definition) is 4. The van der Waals surface area contributed by atoms with Crippen LogP contribution >= 0.6 is 0 Å². The van der Waals surface area contributed by atoms with Gasteiger partial charge in [0.1, 0.15) is 17.0 Å². The number of aliphatic imine (C=N–C) groups is 1. The van der Waals surface area contributed by atoms with E-state index in [-0.39, 0.29) is 18.1 Å². The molecule has 4 nitrogen and oxygen atoms in total. The van der Waals surface area contributed by atoms with Gasteiger partial charge in [0.2, 0.25) is 0 Å². The lowest BCUT2D eigenvalue weighted by Gasteiger charge is -2.23. The maximum Gasteiger partial charge on any atom is 0.148 e. The summed E-state index contributed by atoms with van der Waals surface area (Å²) in [5.41, 5.74) is 4.62. The van der Waals surface area contributed by atoms with Crippen molar-refractivity contribution in [2.75, 3.05) is 6.54 Å². The highest BCUT2D eigenvalue weighted by Gasteiger charge is 2.46. The number of hydrogen-bond donors (Lipinski definition) is 1. The van der Waals surface area contributed by atoms with Gasteiger partial charge in [-0.05, 0) is 0 Å². The topological polar surface area (TPSA) is 72.5 Å². The van der Waals surface area contributed by atoms with Crippen LogP contribution in [0, 0.1) is 5.41 Å². The van der Waals surface area contributed by atoms with Crippen molar-refractivity contribution in [3.63, 3.8) is 0 Å². The van der Waals surface area contributed by atoms with Crippen molar-refractivity contribution in [3.8, 4) is 0 Å². The Morgan fingerprint density at radius 3 is 2.14 bits per heavy atom. The summed E-state index contributed by atoms with van der Waals surface area (Å²) in [7, 11) is 0. The smallest absolute Gasteiger partial charge is 0.148 e. The van der Waals surface area contributed by atoms with Crippen LogP contribution in [0.5, 0.6) is 0 Å². The van der Waals surface area contributed by atoms with E-state index in [1.807, 2.05) is 0 Å². The minimum absolute atomic E-state index is 0.0337. The van der Waals surface area contributed by atoms with Crippen LogP contribution in [-0.2, 0) is 9.59 Å². The lowest BCUT2D eigenvalue weighted by Crippen LogP contribution is -2.40. The number of carbonyl (C=O) groups is 2. The second-order valence-electron chi connectivity index (χ2n) is 3.62. The van der Waals surface area contributed by atoms with Gasteiger partial charge in [-0.3, -0.25) is 14.6 Å². The number of nitrogens with zero attached hydrogens (tertiary/aromatic N) is 1. The molecule has 0 aromatic rings. The van der Waals surface area contributed by atoms with Crippen LogP contribution < -0.4 is 5.73 Å². The predicted molar refractivity (Wildman–Crippen MR) is 54.1 cm³/mol. The molecule has 1 rings (SSSR count). The van der Waals surface area contributed by atoms with Gasteiger partial charge in [0.15, 0.2) is 0 Å². The Kier molecular flexibility index (Phi) is 3.03. The van der Waals surface area contributed by atoms with Crippen LogP contribution in [0.15, 0.2) is 4.99 Å². The van der Waals surface area contributed by atoms with E-state index in [1.165, 1.54) is 0 Å². The van der Waals surface area contributed by atoms with Crippen molar-refractivity contribution in [1.29, 1.82) is 0 Å². The zero-order valence-electron chi connectivity index (χ0n) is 8.67. The third-order valence-electron chi connectivity index (χ3n) is 2.74. The number of carbonyl (C=O) groups excluding carboxylic acids is 2. The molecule has 1 aliphatic heterocycles. The van der Waals surface area contributed by atoms with Crippen molar-refractivity contribution >= 4 is 17.4 Å². The Hall–Kier alpha value is -1.19. The van der Waals surface area contributed by atoms with Crippen LogP contribution in [0.25, 0.3) is 0 Å². The van der Waals surface area contributed by atoms with Crippen LogP contribution in [-0.4, -0.2) is 23.9 Å². The van der Waals surface area contributed by atoms with Crippen LogP contribution in [0.4, 0.5) is 0 Å². The minimum Gasteiger partial charge on any atom is -0.387 e. The predicted octanol–water partition coefficient (Wildman–Crippen LogP) is 0.692. The summed E-state index contributed by atoms with van der Waals surface area (Å²) in [5.74, 6) is 0.357. The molecular formula is C10H16N2O2. The molecule has 0 amide bonds. The Labute approximate surface area is 83.6 Å². The fourth-order valence-corrected chi connectivity index (χ4v) is 1.86. The van der Waals surface area contributed by atoms with Gasteiger partial charge in [-0.15, -0.1) is 0 Å². The lowest BCUT2D eigenvalue weighted by atomic mass is 9.76. The van der Waals surface area contributed by atoms with Gasteiger partial charge < -0.3 is 5.73 Å². The summed E-state index contributed by atoms with van der Waals surface area (Å²) < 4.78 is 0. The molecule has 0 bridgehead atoms. The second kappa shape index (κ2) is 3.90. The molecule has 0 fully saturated rings. The zero-order chi connectivity index (χ0) is 10.8. The molecule has 0 saturated carbocycles. The Balaban J connectivity index is 2.94. The largest absolute Gasteiger partial charge is 0.387 e. The monoisotopic (exact) mass is 196 g/mol. The van der Waals surface area contributed by atoms with E-state index in [2.05, 4.69) is 4.99 Å². The first-order valence-corrected chi connectivity index (χ1v) is 4.92. The summed E-state index contributed by atoms with van der Waals surface area (Å²) in [6.07, 6.45) is 1.05. The number of rotatable bonds is 4. The fraction of sp³-hybridized carbons (Fsp3) is 0.700. The first-order valence-electron chi connectivity index (χ1n) is 4.92. The molecular weight excluding hydrogens is 180 g/mol. The van der Waals surface area contributed by atoms with Gasteiger partial charge in [0, 0.05) is 19.3 Å². The standard InChI is InChI=1S/C10H16N2O2/c1-3-7(13)10(8(14)4-2)5-9(11)12-6-10/h3-6H2,1-2H3,(H2,11,12). The highest BCUT2D eigenvalue weighted by atomic mass is 16.2. The summed E-state index contributed by atoms with van der Waals surface area (Å²) in [5, 5.41) is 0. The Bertz CT molecular complexity index is 278.